The van der Waals surface area contributed by atoms with Crippen molar-refractivity contribution in [3.05, 3.63) is 58.4 Å². The summed E-state index contributed by atoms with van der Waals surface area (Å²) >= 11 is 6.50. The van der Waals surface area contributed by atoms with Crippen LogP contribution in [-0.4, -0.2) is 36.6 Å². The molecular weight excluding hydrogens is 414 g/mol. The van der Waals surface area contributed by atoms with E-state index in [-0.39, 0.29) is 5.54 Å². The summed E-state index contributed by atoms with van der Waals surface area (Å²) in [5.74, 6) is 0.676. The first-order chi connectivity index (χ1) is 14.9. The minimum atomic E-state index is -0.626. The van der Waals surface area contributed by atoms with E-state index in [0.29, 0.717) is 21.7 Å². The maximum Gasteiger partial charge on any atom is 0.336 e. The molecule has 1 aromatic rings. The van der Waals surface area contributed by atoms with Crippen molar-refractivity contribution in [1.29, 1.82) is 0 Å². The van der Waals surface area contributed by atoms with Crippen LogP contribution in [0.4, 0.5) is 0 Å². The Balaban J connectivity index is 1.63. The van der Waals surface area contributed by atoms with Gasteiger partial charge in [0, 0.05) is 23.0 Å². The van der Waals surface area contributed by atoms with Gasteiger partial charge in [-0.25, -0.2) is 9.59 Å². The van der Waals surface area contributed by atoms with Crippen LogP contribution in [0.15, 0.2) is 47.8 Å². The lowest BCUT2D eigenvalue weighted by atomic mass is 9.52. The predicted octanol–water partition coefficient (Wildman–Crippen LogP) is 4.82. The van der Waals surface area contributed by atoms with Gasteiger partial charge in [-0.3, -0.25) is 0 Å². The number of carbonyl (C=O) groups is 2. The lowest BCUT2D eigenvalue weighted by Crippen LogP contribution is -2.57. The summed E-state index contributed by atoms with van der Waals surface area (Å²) in [5.41, 5.74) is 1.50. The van der Waals surface area contributed by atoms with Gasteiger partial charge in [-0.1, -0.05) is 29.8 Å². The van der Waals surface area contributed by atoms with Crippen molar-refractivity contribution in [3.63, 3.8) is 0 Å². The van der Waals surface area contributed by atoms with Gasteiger partial charge < -0.3 is 14.4 Å². The van der Waals surface area contributed by atoms with E-state index in [0.717, 1.165) is 37.0 Å². The highest BCUT2D eigenvalue weighted by molar-refractivity contribution is 6.31. The Morgan fingerprint density at radius 2 is 1.39 bits per heavy atom. The fraction of sp³-hybridized carbons (Fsp3) is 0.520. The normalized spacial score (nSPS) is 31.8. The molecule has 31 heavy (non-hydrogen) atoms. The molecule has 1 aliphatic heterocycles. The van der Waals surface area contributed by atoms with Gasteiger partial charge in [0.2, 0.25) is 0 Å². The number of halogens is 1. The monoisotopic (exact) mass is 441 g/mol. The number of hydrogen-bond donors (Lipinski definition) is 0. The molecule has 0 unspecified atom stereocenters. The number of nitrogens with zero attached hydrogens (tertiary/aromatic N) is 1. The number of benzene rings is 1. The Labute approximate surface area is 188 Å². The Hall–Kier alpha value is -2.27. The van der Waals surface area contributed by atoms with Crippen molar-refractivity contribution < 1.29 is 19.1 Å². The highest BCUT2D eigenvalue weighted by atomic mass is 35.5. The maximum atomic E-state index is 13.0. The van der Waals surface area contributed by atoms with Crippen LogP contribution in [0.2, 0.25) is 5.02 Å². The zero-order chi connectivity index (χ0) is 21.8. The third-order valence-corrected chi connectivity index (χ3v) is 8.13. The van der Waals surface area contributed by atoms with Crippen LogP contribution in [-0.2, 0) is 19.1 Å². The molecule has 164 valence electrons. The van der Waals surface area contributed by atoms with Crippen molar-refractivity contribution in [2.75, 3.05) is 14.2 Å². The van der Waals surface area contributed by atoms with Crippen molar-refractivity contribution in [1.82, 2.24) is 4.90 Å². The summed E-state index contributed by atoms with van der Waals surface area (Å²) < 4.78 is 10.3. The van der Waals surface area contributed by atoms with Gasteiger partial charge in [-0.2, -0.15) is 0 Å². The lowest BCUT2D eigenvalue weighted by Gasteiger charge is -2.60. The summed E-state index contributed by atoms with van der Waals surface area (Å²) in [6.45, 7) is 0. The average Bonchev–Trinajstić information content (AvgIpc) is 2.76. The predicted molar refractivity (Wildman–Crippen MR) is 117 cm³/mol. The highest BCUT2D eigenvalue weighted by Crippen LogP contribution is 2.59. The van der Waals surface area contributed by atoms with Gasteiger partial charge in [-0.15, -0.1) is 0 Å². The van der Waals surface area contributed by atoms with Crippen LogP contribution in [0.25, 0.3) is 0 Å². The first kappa shape index (κ1) is 20.6. The zero-order valence-corrected chi connectivity index (χ0v) is 18.7. The minimum absolute atomic E-state index is 0.0429. The largest absolute Gasteiger partial charge is 0.466 e. The molecule has 0 saturated heterocycles. The summed E-state index contributed by atoms with van der Waals surface area (Å²) in [5, 5.41) is 0.500. The Morgan fingerprint density at radius 3 is 1.84 bits per heavy atom. The molecule has 1 aromatic carbocycles. The lowest BCUT2D eigenvalue weighted by molar-refractivity contribution is -0.137. The molecule has 0 radical (unpaired) electrons. The number of carbonyl (C=O) groups excluding carboxylic acids is 2. The maximum absolute atomic E-state index is 13.0. The summed E-state index contributed by atoms with van der Waals surface area (Å²) in [7, 11) is 2.75. The number of esters is 2. The Bertz CT molecular complexity index is 912. The summed E-state index contributed by atoms with van der Waals surface area (Å²) in [6, 6.07) is 7.31. The smallest absolute Gasteiger partial charge is 0.336 e. The van der Waals surface area contributed by atoms with Crippen molar-refractivity contribution in [2.45, 2.75) is 50.0 Å². The van der Waals surface area contributed by atoms with Crippen LogP contribution in [0.3, 0.4) is 0 Å². The van der Waals surface area contributed by atoms with Gasteiger partial charge in [0.1, 0.15) is 0 Å². The third kappa shape index (κ3) is 3.38. The van der Waals surface area contributed by atoms with Gasteiger partial charge >= 0.3 is 11.9 Å². The van der Waals surface area contributed by atoms with E-state index < -0.39 is 17.9 Å². The molecule has 5 aliphatic rings. The fourth-order valence-electron chi connectivity index (χ4n) is 6.93. The van der Waals surface area contributed by atoms with E-state index in [2.05, 4.69) is 4.90 Å². The second-order valence-corrected chi connectivity index (χ2v) is 10.1. The van der Waals surface area contributed by atoms with Gasteiger partial charge in [0.15, 0.2) is 0 Å². The SMILES string of the molecule is COC(=O)C1=CN(C23CC4CC(CC(C4)C2)C3)C=C(C(=O)OC)C1c1ccccc1Cl. The molecule has 4 saturated carbocycles. The van der Waals surface area contributed by atoms with Crippen LogP contribution in [0, 0.1) is 17.8 Å². The van der Waals surface area contributed by atoms with E-state index in [1.807, 2.05) is 30.6 Å². The van der Waals surface area contributed by atoms with Crippen molar-refractivity contribution in [3.8, 4) is 0 Å². The fourth-order valence-corrected chi connectivity index (χ4v) is 7.17. The Kier molecular flexibility index (Phi) is 5.12. The standard InChI is InChI=1S/C25H28ClNO4/c1-30-23(28)19-13-27(25-10-15-7-16(11-25)9-17(8-15)12-25)14-20(24(29)31-2)22(19)18-5-3-4-6-21(18)26/h3-6,13-17,22H,7-12H2,1-2H3. The zero-order valence-electron chi connectivity index (χ0n) is 18.0. The first-order valence-electron chi connectivity index (χ1n) is 11.1. The molecule has 6 rings (SSSR count). The van der Waals surface area contributed by atoms with E-state index in [4.69, 9.17) is 21.1 Å². The molecule has 0 atom stereocenters. The average molecular weight is 442 g/mol. The summed E-state index contributed by atoms with van der Waals surface area (Å²) in [4.78, 5) is 28.1. The molecule has 6 heteroatoms. The Morgan fingerprint density at radius 1 is 0.903 bits per heavy atom. The molecule has 4 bridgehead atoms. The quantitative estimate of drug-likeness (QED) is 0.627. The van der Waals surface area contributed by atoms with E-state index in [1.165, 1.54) is 33.5 Å². The van der Waals surface area contributed by atoms with Crippen molar-refractivity contribution in [2.24, 2.45) is 17.8 Å². The van der Waals surface area contributed by atoms with E-state index >= 15 is 0 Å². The van der Waals surface area contributed by atoms with Gasteiger partial charge in [0.05, 0.1) is 31.3 Å². The molecule has 4 fully saturated rings. The van der Waals surface area contributed by atoms with Crippen LogP contribution >= 0.6 is 11.6 Å². The second-order valence-electron chi connectivity index (χ2n) is 9.66. The van der Waals surface area contributed by atoms with E-state index in [9.17, 15) is 9.59 Å². The van der Waals surface area contributed by atoms with E-state index in [1.54, 1.807) is 6.07 Å². The second kappa shape index (κ2) is 7.70. The third-order valence-electron chi connectivity index (χ3n) is 7.79. The molecule has 0 amide bonds. The van der Waals surface area contributed by atoms with Crippen LogP contribution in [0.5, 0.6) is 0 Å². The summed E-state index contributed by atoms with van der Waals surface area (Å²) in [6.07, 6.45) is 11.1. The van der Waals surface area contributed by atoms with Gasteiger partial charge in [0.25, 0.3) is 0 Å². The number of hydrogen-bond acceptors (Lipinski definition) is 5. The first-order valence-corrected chi connectivity index (χ1v) is 11.4. The number of ether oxygens (including phenoxy) is 2. The van der Waals surface area contributed by atoms with Crippen LogP contribution in [0.1, 0.15) is 50.0 Å². The molecule has 0 N–H and O–H groups in total. The van der Waals surface area contributed by atoms with Crippen molar-refractivity contribution >= 4 is 23.5 Å². The topological polar surface area (TPSA) is 55.8 Å². The van der Waals surface area contributed by atoms with Gasteiger partial charge in [-0.05, 0) is 67.9 Å². The molecule has 0 aromatic heterocycles. The number of methoxy groups -OCH3 is 2. The molecule has 5 nitrogen and oxygen atoms in total. The molecule has 4 aliphatic carbocycles. The molecular formula is C25H28ClNO4. The molecule has 1 heterocycles. The number of rotatable bonds is 4. The molecule has 0 spiro atoms. The van der Waals surface area contributed by atoms with Crippen LogP contribution < -0.4 is 0 Å². The minimum Gasteiger partial charge on any atom is -0.466 e. The highest BCUT2D eigenvalue weighted by Gasteiger charge is 2.54.